The highest BCUT2D eigenvalue weighted by Gasteiger charge is 2.27. The average molecular weight is 202 g/mol. The first kappa shape index (κ1) is 13.9. The maximum atomic E-state index is 5.82. The summed E-state index contributed by atoms with van der Waals surface area (Å²) in [7, 11) is 1.74. The van der Waals surface area contributed by atoms with Crippen LogP contribution in [-0.2, 0) is 4.74 Å². The summed E-state index contributed by atoms with van der Waals surface area (Å²) >= 11 is 0. The molecule has 0 saturated heterocycles. The minimum atomic E-state index is 0.235. The van der Waals surface area contributed by atoms with Crippen LogP contribution in [0.5, 0.6) is 0 Å². The summed E-state index contributed by atoms with van der Waals surface area (Å²) in [5.74, 6) is 0. The second kappa shape index (κ2) is 6.38. The molecule has 0 aliphatic heterocycles. The normalized spacial score (nSPS) is 14.8. The number of nitrogens with two attached hydrogens (primary N) is 1. The van der Waals surface area contributed by atoms with Gasteiger partial charge in [-0.3, -0.25) is 4.90 Å². The zero-order valence-electron chi connectivity index (χ0n) is 10.3. The van der Waals surface area contributed by atoms with Crippen molar-refractivity contribution in [2.75, 3.05) is 33.4 Å². The maximum Gasteiger partial charge on any atom is 0.0589 e. The van der Waals surface area contributed by atoms with Crippen LogP contribution in [0.3, 0.4) is 0 Å². The summed E-state index contributed by atoms with van der Waals surface area (Å²) in [6.45, 7) is 12.4. The van der Waals surface area contributed by atoms with E-state index in [9.17, 15) is 0 Å². The van der Waals surface area contributed by atoms with Crippen LogP contribution < -0.4 is 5.73 Å². The Balaban J connectivity index is 4.29. The van der Waals surface area contributed by atoms with Gasteiger partial charge in [0.2, 0.25) is 0 Å². The first-order chi connectivity index (χ1) is 6.47. The van der Waals surface area contributed by atoms with Crippen molar-refractivity contribution < 1.29 is 4.74 Å². The molecule has 2 N–H and O–H groups in total. The fraction of sp³-hybridized carbons (Fsp3) is 1.00. The molecule has 0 radical (unpaired) electrons. The second-order valence-corrected chi connectivity index (χ2v) is 4.74. The van der Waals surface area contributed by atoms with Gasteiger partial charge in [-0.05, 0) is 12.0 Å². The van der Waals surface area contributed by atoms with Gasteiger partial charge in [-0.2, -0.15) is 0 Å². The molecule has 3 heteroatoms. The lowest BCUT2D eigenvalue weighted by atomic mass is 9.85. The Labute approximate surface area is 88.6 Å². The monoisotopic (exact) mass is 202 g/mol. The Hall–Kier alpha value is -0.120. The van der Waals surface area contributed by atoms with E-state index >= 15 is 0 Å². The molecule has 0 spiro atoms. The van der Waals surface area contributed by atoms with Gasteiger partial charge in [0.1, 0.15) is 0 Å². The van der Waals surface area contributed by atoms with Crippen molar-refractivity contribution >= 4 is 0 Å². The van der Waals surface area contributed by atoms with Gasteiger partial charge in [-0.15, -0.1) is 0 Å². The molecule has 0 rings (SSSR count). The van der Waals surface area contributed by atoms with Crippen molar-refractivity contribution in [3.63, 3.8) is 0 Å². The first-order valence-corrected chi connectivity index (χ1v) is 5.40. The molecule has 0 aliphatic rings. The molecular weight excluding hydrogens is 176 g/mol. The van der Waals surface area contributed by atoms with E-state index in [1.54, 1.807) is 7.11 Å². The molecule has 0 bridgehead atoms. The van der Waals surface area contributed by atoms with Gasteiger partial charge in [0.15, 0.2) is 0 Å². The SMILES string of the molecule is CCN(CCOC)C(CN)C(C)(C)C. The average Bonchev–Trinajstić information content (AvgIpc) is 2.09. The molecule has 14 heavy (non-hydrogen) atoms. The Morgan fingerprint density at radius 3 is 2.21 bits per heavy atom. The Morgan fingerprint density at radius 1 is 1.36 bits per heavy atom. The molecule has 0 aliphatic carbocycles. The van der Waals surface area contributed by atoms with Crippen molar-refractivity contribution in [2.45, 2.75) is 33.7 Å². The van der Waals surface area contributed by atoms with Crippen LogP contribution in [0.2, 0.25) is 0 Å². The molecule has 3 nitrogen and oxygen atoms in total. The quantitative estimate of drug-likeness (QED) is 0.706. The van der Waals surface area contributed by atoms with Crippen molar-refractivity contribution in [1.82, 2.24) is 4.90 Å². The van der Waals surface area contributed by atoms with Gasteiger partial charge in [0.25, 0.3) is 0 Å². The van der Waals surface area contributed by atoms with Crippen LogP contribution in [0.15, 0.2) is 0 Å². The van der Waals surface area contributed by atoms with Crippen molar-refractivity contribution in [2.24, 2.45) is 11.1 Å². The van der Waals surface area contributed by atoms with E-state index < -0.39 is 0 Å². The minimum absolute atomic E-state index is 0.235. The number of likely N-dealkylation sites (N-methyl/N-ethyl adjacent to an activating group) is 1. The molecule has 1 atom stereocenters. The van der Waals surface area contributed by atoms with E-state index in [0.717, 1.165) is 19.7 Å². The molecule has 86 valence electrons. The van der Waals surface area contributed by atoms with Gasteiger partial charge < -0.3 is 10.5 Å². The topological polar surface area (TPSA) is 38.5 Å². The molecule has 1 unspecified atom stereocenters. The van der Waals surface area contributed by atoms with E-state index in [0.29, 0.717) is 12.6 Å². The zero-order chi connectivity index (χ0) is 11.2. The van der Waals surface area contributed by atoms with E-state index in [2.05, 4.69) is 32.6 Å². The van der Waals surface area contributed by atoms with Crippen molar-refractivity contribution in [1.29, 1.82) is 0 Å². The first-order valence-electron chi connectivity index (χ1n) is 5.40. The van der Waals surface area contributed by atoms with Gasteiger partial charge in [0.05, 0.1) is 6.61 Å². The van der Waals surface area contributed by atoms with Crippen molar-refractivity contribution in [3.8, 4) is 0 Å². The van der Waals surface area contributed by atoms with Gasteiger partial charge in [-0.25, -0.2) is 0 Å². The summed E-state index contributed by atoms with van der Waals surface area (Å²) in [6.07, 6.45) is 0. The Morgan fingerprint density at radius 2 is 1.93 bits per heavy atom. The number of methoxy groups -OCH3 is 1. The third-order valence-electron chi connectivity index (χ3n) is 2.65. The Bertz CT molecular complexity index is 143. The summed E-state index contributed by atoms with van der Waals surface area (Å²) < 4.78 is 5.10. The van der Waals surface area contributed by atoms with E-state index in [-0.39, 0.29) is 5.41 Å². The van der Waals surface area contributed by atoms with Crippen molar-refractivity contribution in [3.05, 3.63) is 0 Å². The maximum absolute atomic E-state index is 5.82. The molecule has 0 saturated carbocycles. The molecule has 0 aromatic carbocycles. The lowest BCUT2D eigenvalue weighted by molar-refractivity contribution is 0.0759. The number of ether oxygens (including phenoxy) is 1. The lowest BCUT2D eigenvalue weighted by Gasteiger charge is -2.39. The van der Waals surface area contributed by atoms with E-state index in [4.69, 9.17) is 10.5 Å². The summed E-state index contributed by atoms with van der Waals surface area (Å²) in [5, 5.41) is 0. The van der Waals surface area contributed by atoms with Crippen LogP contribution in [-0.4, -0.2) is 44.3 Å². The molecule has 0 aromatic heterocycles. The van der Waals surface area contributed by atoms with Crippen LogP contribution in [0, 0.1) is 5.41 Å². The molecule has 0 aromatic rings. The van der Waals surface area contributed by atoms with E-state index in [1.165, 1.54) is 0 Å². The number of rotatable bonds is 6. The number of hydrogen-bond acceptors (Lipinski definition) is 3. The summed E-state index contributed by atoms with van der Waals surface area (Å²) in [6, 6.07) is 0.433. The third kappa shape index (κ3) is 4.40. The standard InChI is InChI=1S/C11H26N2O/c1-6-13(7-8-14-5)10(9-12)11(2,3)4/h10H,6-9,12H2,1-5H3. The molecule has 0 heterocycles. The molecular formula is C11H26N2O. The fourth-order valence-corrected chi connectivity index (χ4v) is 1.79. The van der Waals surface area contributed by atoms with Gasteiger partial charge >= 0.3 is 0 Å². The summed E-state index contributed by atoms with van der Waals surface area (Å²) in [4.78, 5) is 2.39. The van der Waals surface area contributed by atoms with Crippen LogP contribution in [0.4, 0.5) is 0 Å². The molecule has 0 amide bonds. The smallest absolute Gasteiger partial charge is 0.0589 e. The Kier molecular flexibility index (Phi) is 6.33. The summed E-state index contributed by atoms with van der Waals surface area (Å²) in [5.41, 5.74) is 6.06. The second-order valence-electron chi connectivity index (χ2n) is 4.74. The highest BCUT2D eigenvalue weighted by molar-refractivity contribution is 4.83. The lowest BCUT2D eigenvalue weighted by Crippen LogP contribution is -2.49. The molecule has 0 fully saturated rings. The van der Waals surface area contributed by atoms with Gasteiger partial charge in [-0.1, -0.05) is 27.7 Å². The largest absolute Gasteiger partial charge is 0.383 e. The predicted octanol–water partition coefficient (Wildman–Crippen LogP) is 1.33. The van der Waals surface area contributed by atoms with E-state index in [1.807, 2.05) is 0 Å². The highest BCUT2D eigenvalue weighted by Crippen LogP contribution is 2.23. The number of hydrogen-bond donors (Lipinski definition) is 1. The third-order valence-corrected chi connectivity index (χ3v) is 2.65. The predicted molar refractivity (Wildman–Crippen MR) is 61.4 cm³/mol. The minimum Gasteiger partial charge on any atom is -0.383 e. The highest BCUT2D eigenvalue weighted by atomic mass is 16.5. The number of nitrogens with zero attached hydrogens (tertiary/aromatic N) is 1. The fourth-order valence-electron chi connectivity index (χ4n) is 1.79. The van der Waals surface area contributed by atoms with Crippen LogP contribution >= 0.6 is 0 Å². The van der Waals surface area contributed by atoms with Gasteiger partial charge in [0, 0.05) is 26.2 Å². The van der Waals surface area contributed by atoms with Crippen LogP contribution in [0.25, 0.3) is 0 Å². The van der Waals surface area contributed by atoms with Crippen LogP contribution in [0.1, 0.15) is 27.7 Å². The zero-order valence-corrected chi connectivity index (χ0v) is 10.3.